The number of aryl methyl sites for hydroxylation is 2. The molecule has 76 valence electrons. The molecule has 0 N–H and O–H groups in total. The molecule has 0 aliphatic rings. The lowest BCUT2D eigenvalue weighted by molar-refractivity contribution is 0.112. The van der Waals surface area contributed by atoms with Crippen molar-refractivity contribution in [2.45, 2.75) is 13.8 Å². The van der Waals surface area contributed by atoms with Crippen LogP contribution in [-0.2, 0) is 0 Å². The SMILES string of the molecule is Cc1ccccc1-n1cc(C=O)cc1C. The summed E-state index contributed by atoms with van der Waals surface area (Å²) in [7, 11) is 0. The highest BCUT2D eigenvalue weighted by Gasteiger charge is 2.04. The van der Waals surface area contributed by atoms with E-state index in [9.17, 15) is 4.79 Å². The van der Waals surface area contributed by atoms with Crippen molar-refractivity contribution >= 4 is 6.29 Å². The number of para-hydroxylation sites is 1. The van der Waals surface area contributed by atoms with E-state index in [2.05, 4.69) is 19.1 Å². The van der Waals surface area contributed by atoms with Crippen LogP contribution >= 0.6 is 0 Å². The third-order valence-electron chi connectivity index (χ3n) is 2.54. The lowest BCUT2D eigenvalue weighted by atomic mass is 10.2. The van der Waals surface area contributed by atoms with Gasteiger partial charge in [0.2, 0.25) is 0 Å². The minimum Gasteiger partial charge on any atom is -0.320 e. The van der Waals surface area contributed by atoms with Crippen molar-refractivity contribution in [2.24, 2.45) is 0 Å². The van der Waals surface area contributed by atoms with Crippen molar-refractivity contribution in [3.05, 3.63) is 53.3 Å². The molecule has 2 nitrogen and oxygen atoms in total. The van der Waals surface area contributed by atoms with Crippen LogP contribution in [0, 0.1) is 13.8 Å². The van der Waals surface area contributed by atoms with Crippen LogP contribution in [0.1, 0.15) is 21.6 Å². The zero-order valence-electron chi connectivity index (χ0n) is 8.90. The Morgan fingerprint density at radius 2 is 1.93 bits per heavy atom. The van der Waals surface area contributed by atoms with Crippen LogP contribution < -0.4 is 0 Å². The summed E-state index contributed by atoms with van der Waals surface area (Å²) in [6.07, 6.45) is 2.74. The largest absolute Gasteiger partial charge is 0.320 e. The van der Waals surface area contributed by atoms with Gasteiger partial charge in [0.15, 0.2) is 6.29 Å². The lowest BCUT2D eigenvalue weighted by Crippen LogP contribution is -1.96. The van der Waals surface area contributed by atoms with E-state index in [-0.39, 0.29) is 0 Å². The molecule has 0 fully saturated rings. The third-order valence-corrected chi connectivity index (χ3v) is 2.54. The molecule has 0 saturated heterocycles. The van der Waals surface area contributed by atoms with Gasteiger partial charge in [0.05, 0.1) is 0 Å². The standard InChI is InChI=1S/C13H13NO/c1-10-5-3-4-6-13(10)14-8-12(9-15)7-11(14)2/h3-9H,1-2H3. The molecule has 15 heavy (non-hydrogen) atoms. The van der Waals surface area contributed by atoms with Crippen LogP contribution in [0.2, 0.25) is 0 Å². The molecule has 1 heterocycles. The number of hydrogen-bond donors (Lipinski definition) is 0. The fraction of sp³-hybridized carbons (Fsp3) is 0.154. The van der Waals surface area contributed by atoms with Crippen LogP contribution in [-0.4, -0.2) is 10.9 Å². The predicted octanol–water partition coefficient (Wildman–Crippen LogP) is 2.91. The number of aromatic nitrogens is 1. The first-order valence-electron chi connectivity index (χ1n) is 4.92. The van der Waals surface area contributed by atoms with Crippen LogP contribution in [0.5, 0.6) is 0 Å². The van der Waals surface area contributed by atoms with Gasteiger partial charge in [-0.2, -0.15) is 0 Å². The summed E-state index contributed by atoms with van der Waals surface area (Å²) in [5.74, 6) is 0. The summed E-state index contributed by atoms with van der Waals surface area (Å²) in [5.41, 5.74) is 4.12. The number of carbonyl (C=O) groups excluding carboxylic acids is 1. The smallest absolute Gasteiger partial charge is 0.151 e. The zero-order valence-corrected chi connectivity index (χ0v) is 8.90. The van der Waals surface area contributed by atoms with Gasteiger partial charge in [-0.25, -0.2) is 0 Å². The molecule has 2 heteroatoms. The summed E-state index contributed by atoms with van der Waals surface area (Å²) >= 11 is 0. The second-order valence-electron chi connectivity index (χ2n) is 3.69. The van der Waals surface area contributed by atoms with E-state index < -0.39 is 0 Å². The first-order chi connectivity index (χ1) is 7.22. The van der Waals surface area contributed by atoms with Gasteiger partial charge in [-0.3, -0.25) is 4.79 Å². The molecule has 0 bridgehead atoms. The molecule has 0 unspecified atom stereocenters. The van der Waals surface area contributed by atoms with Crippen molar-refractivity contribution in [1.82, 2.24) is 4.57 Å². The first kappa shape index (κ1) is 9.71. The van der Waals surface area contributed by atoms with E-state index >= 15 is 0 Å². The van der Waals surface area contributed by atoms with Gasteiger partial charge in [0.25, 0.3) is 0 Å². The maximum absolute atomic E-state index is 10.7. The average molecular weight is 199 g/mol. The summed E-state index contributed by atoms with van der Waals surface area (Å²) in [4.78, 5) is 10.7. The molecule has 0 amide bonds. The number of hydrogen-bond acceptors (Lipinski definition) is 1. The average Bonchev–Trinajstić information content (AvgIpc) is 2.60. The molecular formula is C13H13NO. The van der Waals surface area contributed by atoms with Crippen molar-refractivity contribution in [3.8, 4) is 5.69 Å². The van der Waals surface area contributed by atoms with E-state index in [1.165, 1.54) is 5.56 Å². The van der Waals surface area contributed by atoms with Gasteiger partial charge < -0.3 is 4.57 Å². The maximum atomic E-state index is 10.7. The topological polar surface area (TPSA) is 22.0 Å². The summed E-state index contributed by atoms with van der Waals surface area (Å²) in [6.45, 7) is 4.06. The first-order valence-corrected chi connectivity index (χ1v) is 4.92. The molecule has 0 aliphatic heterocycles. The Kier molecular flexibility index (Phi) is 2.42. The molecule has 1 aromatic carbocycles. The minimum atomic E-state index is 0.718. The summed E-state index contributed by atoms with van der Waals surface area (Å²) in [6, 6.07) is 10.0. The van der Waals surface area contributed by atoms with Crippen LogP contribution in [0.3, 0.4) is 0 Å². The van der Waals surface area contributed by atoms with E-state index in [0.29, 0.717) is 0 Å². The summed E-state index contributed by atoms with van der Waals surface area (Å²) < 4.78 is 2.04. The van der Waals surface area contributed by atoms with Gasteiger partial charge in [0.1, 0.15) is 0 Å². The number of benzene rings is 1. The Morgan fingerprint density at radius 3 is 2.53 bits per heavy atom. The summed E-state index contributed by atoms with van der Waals surface area (Å²) in [5, 5.41) is 0. The van der Waals surface area contributed by atoms with Crippen molar-refractivity contribution in [3.63, 3.8) is 0 Å². The molecule has 0 spiro atoms. The van der Waals surface area contributed by atoms with Gasteiger partial charge in [-0.1, -0.05) is 18.2 Å². The van der Waals surface area contributed by atoms with Crippen LogP contribution in [0.25, 0.3) is 5.69 Å². The van der Waals surface area contributed by atoms with Gasteiger partial charge in [-0.05, 0) is 31.5 Å². The van der Waals surface area contributed by atoms with Gasteiger partial charge >= 0.3 is 0 Å². The van der Waals surface area contributed by atoms with Gasteiger partial charge in [-0.15, -0.1) is 0 Å². The van der Waals surface area contributed by atoms with E-state index in [1.807, 2.05) is 35.9 Å². The monoisotopic (exact) mass is 199 g/mol. The minimum absolute atomic E-state index is 0.718. The predicted molar refractivity (Wildman–Crippen MR) is 60.6 cm³/mol. The Hall–Kier alpha value is -1.83. The zero-order chi connectivity index (χ0) is 10.8. The Morgan fingerprint density at radius 1 is 1.20 bits per heavy atom. The van der Waals surface area contributed by atoms with E-state index in [1.54, 1.807) is 0 Å². The second kappa shape index (κ2) is 3.73. The second-order valence-corrected chi connectivity index (χ2v) is 3.69. The van der Waals surface area contributed by atoms with Crippen molar-refractivity contribution < 1.29 is 4.79 Å². The molecule has 2 rings (SSSR count). The molecule has 2 aromatic rings. The van der Waals surface area contributed by atoms with Crippen molar-refractivity contribution in [1.29, 1.82) is 0 Å². The van der Waals surface area contributed by atoms with E-state index in [4.69, 9.17) is 0 Å². The fourth-order valence-corrected chi connectivity index (χ4v) is 1.76. The number of nitrogens with zero attached hydrogens (tertiary/aromatic N) is 1. The van der Waals surface area contributed by atoms with Crippen LogP contribution in [0.4, 0.5) is 0 Å². The van der Waals surface area contributed by atoms with E-state index in [0.717, 1.165) is 23.2 Å². The Labute approximate surface area is 89.2 Å². The van der Waals surface area contributed by atoms with Gasteiger partial charge in [0, 0.05) is 23.1 Å². The molecule has 0 aliphatic carbocycles. The quantitative estimate of drug-likeness (QED) is 0.681. The Balaban J connectivity index is 2.58. The Bertz CT molecular complexity index is 497. The van der Waals surface area contributed by atoms with Crippen LogP contribution in [0.15, 0.2) is 36.5 Å². The highest BCUT2D eigenvalue weighted by molar-refractivity contribution is 5.75. The molecule has 0 saturated carbocycles. The highest BCUT2D eigenvalue weighted by Crippen LogP contribution is 2.17. The fourth-order valence-electron chi connectivity index (χ4n) is 1.76. The number of rotatable bonds is 2. The van der Waals surface area contributed by atoms with Crippen molar-refractivity contribution in [2.75, 3.05) is 0 Å². The molecule has 0 atom stereocenters. The molecule has 1 aromatic heterocycles. The highest BCUT2D eigenvalue weighted by atomic mass is 16.1. The lowest BCUT2D eigenvalue weighted by Gasteiger charge is -2.08. The number of aldehydes is 1. The normalized spacial score (nSPS) is 10.3. The molecule has 0 radical (unpaired) electrons. The number of carbonyl (C=O) groups is 1. The molecular weight excluding hydrogens is 186 g/mol. The third kappa shape index (κ3) is 1.71. The maximum Gasteiger partial charge on any atom is 0.151 e.